The molecule has 0 bridgehead atoms. The Hall–Kier alpha value is -2.17. The van der Waals surface area contributed by atoms with Crippen molar-refractivity contribution in [3.8, 4) is 11.5 Å². The van der Waals surface area contributed by atoms with Crippen LogP contribution in [0.3, 0.4) is 0 Å². The number of hydrogen-bond acceptors (Lipinski definition) is 3. The molecule has 15 heavy (non-hydrogen) atoms. The third-order valence-corrected chi connectivity index (χ3v) is 2.37. The second kappa shape index (κ2) is 2.91. The zero-order valence-corrected chi connectivity index (χ0v) is 7.90. The number of carbonyl (C=O) groups is 1. The van der Waals surface area contributed by atoms with Gasteiger partial charge in [0.1, 0.15) is 5.69 Å². The fraction of sp³-hybridized carbons (Fsp3) is 0.100. The number of phenols is 2. The van der Waals surface area contributed by atoms with Gasteiger partial charge in [0.05, 0.1) is 5.52 Å². The van der Waals surface area contributed by atoms with Gasteiger partial charge in [-0.05, 0) is 18.6 Å². The Morgan fingerprint density at radius 3 is 2.47 bits per heavy atom. The first-order valence-corrected chi connectivity index (χ1v) is 4.28. The SMILES string of the molecule is Cc1c(C(=O)O)[nH]c2cc(O)c(O)cc12. The second-order valence-corrected chi connectivity index (χ2v) is 3.32. The van der Waals surface area contributed by atoms with Crippen molar-refractivity contribution in [2.45, 2.75) is 6.92 Å². The van der Waals surface area contributed by atoms with Crippen molar-refractivity contribution in [2.24, 2.45) is 0 Å². The predicted octanol–water partition coefficient (Wildman–Crippen LogP) is 1.59. The minimum atomic E-state index is -1.07. The van der Waals surface area contributed by atoms with E-state index < -0.39 is 5.97 Å². The average molecular weight is 207 g/mol. The molecule has 0 saturated carbocycles. The summed E-state index contributed by atoms with van der Waals surface area (Å²) >= 11 is 0. The number of H-pyrrole nitrogens is 1. The molecule has 2 aromatic rings. The standard InChI is InChI=1S/C10H9NO4/c1-4-5-2-7(12)8(13)3-6(5)11-9(4)10(14)15/h2-3,11-13H,1H3,(H,14,15). The van der Waals surface area contributed by atoms with Crippen molar-refractivity contribution in [1.29, 1.82) is 0 Å². The topological polar surface area (TPSA) is 93.5 Å². The number of aromatic nitrogens is 1. The molecule has 5 nitrogen and oxygen atoms in total. The lowest BCUT2D eigenvalue weighted by atomic mass is 10.1. The lowest BCUT2D eigenvalue weighted by Gasteiger charge is -1.97. The molecule has 4 N–H and O–H groups in total. The molecule has 0 fully saturated rings. The largest absolute Gasteiger partial charge is 0.504 e. The van der Waals surface area contributed by atoms with Crippen LogP contribution in [0.25, 0.3) is 10.9 Å². The van der Waals surface area contributed by atoms with Crippen molar-refractivity contribution in [3.05, 3.63) is 23.4 Å². The summed E-state index contributed by atoms with van der Waals surface area (Å²) in [5, 5.41) is 28.0. The molecule has 2 rings (SSSR count). The van der Waals surface area contributed by atoms with Crippen LogP contribution in [0.2, 0.25) is 0 Å². The van der Waals surface area contributed by atoms with Gasteiger partial charge in [0, 0.05) is 11.5 Å². The maximum atomic E-state index is 10.8. The molecule has 0 saturated heterocycles. The van der Waals surface area contributed by atoms with Crippen LogP contribution in [0.5, 0.6) is 11.5 Å². The van der Waals surface area contributed by atoms with Crippen LogP contribution in [0.1, 0.15) is 16.1 Å². The first-order chi connectivity index (χ1) is 7.00. The number of aromatic carboxylic acids is 1. The van der Waals surface area contributed by atoms with Crippen molar-refractivity contribution < 1.29 is 20.1 Å². The quantitative estimate of drug-likeness (QED) is 0.534. The van der Waals surface area contributed by atoms with Crippen LogP contribution in [-0.2, 0) is 0 Å². The highest BCUT2D eigenvalue weighted by Gasteiger charge is 2.15. The number of phenolic OH excluding ortho intramolecular Hbond substituents is 2. The smallest absolute Gasteiger partial charge is 0.352 e. The van der Waals surface area contributed by atoms with Gasteiger partial charge in [0.25, 0.3) is 0 Å². The number of rotatable bonds is 1. The normalized spacial score (nSPS) is 10.7. The highest BCUT2D eigenvalue weighted by Crippen LogP contribution is 2.32. The van der Waals surface area contributed by atoms with E-state index in [1.54, 1.807) is 6.92 Å². The number of aryl methyl sites for hydroxylation is 1. The van der Waals surface area contributed by atoms with E-state index in [0.717, 1.165) is 0 Å². The van der Waals surface area contributed by atoms with E-state index in [1.165, 1.54) is 12.1 Å². The summed E-state index contributed by atoms with van der Waals surface area (Å²) in [6, 6.07) is 2.63. The fourth-order valence-corrected chi connectivity index (χ4v) is 1.57. The molecule has 0 unspecified atom stereocenters. The summed E-state index contributed by atoms with van der Waals surface area (Å²) in [7, 11) is 0. The van der Waals surface area contributed by atoms with Crippen LogP contribution in [0, 0.1) is 6.92 Å². The molecule has 0 aliphatic carbocycles. The third-order valence-electron chi connectivity index (χ3n) is 2.37. The number of carboxylic acid groups (broad SMARTS) is 1. The van der Waals surface area contributed by atoms with Gasteiger partial charge in [-0.25, -0.2) is 4.79 Å². The maximum absolute atomic E-state index is 10.8. The predicted molar refractivity (Wildman–Crippen MR) is 53.3 cm³/mol. The van der Waals surface area contributed by atoms with Crippen LogP contribution in [0.4, 0.5) is 0 Å². The van der Waals surface area contributed by atoms with E-state index in [-0.39, 0.29) is 17.2 Å². The lowest BCUT2D eigenvalue weighted by molar-refractivity contribution is 0.0690. The highest BCUT2D eigenvalue weighted by atomic mass is 16.4. The number of carboxylic acids is 1. The van der Waals surface area contributed by atoms with E-state index in [0.29, 0.717) is 16.5 Å². The van der Waals surface area contributed by atoms with Gasteiger partial charge in [-0.2, -0.15) is 0 Å². The molecule has 78 valence electrons. The van der Waals surface area contributed by atoms with Crippen molar-refractivity contribution in [1.82, 2.24) is 4.98 Å². The minimum absolute atomic E-state index is 0.0648. The van der Waals surface area contributed by atoms with Gasteiger partial charge in [-0.3, -0.25) is 0 Å². The van der Waals surface area contributed by atoms with Crippen LogP contribution >= 0.6 is 0 Å². The summed E-state index contributed by atoms with van der Waals surface area (Å²) in [4.78, 5) is 13.5. The van der Waals surface area contributed by atoms with Gasteiger partial charge >= 0.3 is 5.97 Å². The molecule has 0 aliphatic heterocycles. The Labute approximate surface area is 84.6 Å². The molecule has 1 heterocycles. The molecule has 0 aliphatic rings. The van der Waals surface area contributed by atoms with Crippen LogP contribution < -0.4 is 0 Å². The Morgan fingerprint density at radius 1 is 1.27 bits per heavy atom. The number of aromatic amines is 1. The molecule has 0 radical (unpaired) electrons. The summed E-state index contributed by atoms with van der Waals surface area (Å²) in [6.07, 6.45) is 0. The van der Waals surface area contributed by atoms with E-state index in [4.69, 9.17) is 5.11 Å². The monoisotopic (exact) mass is 207 g/mol. The lowest BCUT2D eigenvalue weighted by Crippen LogP contribution is -1.97. The number of nitrogens with one attached hydrogen (secondary N) is 1. The molecule has 0 atom stereocenters. The molecular formula is C10H9NO4. The Morgan fingerprint density at radius 2 is 1.87 bits per heavy atom. The van der Waals surface area contributed by atoms with Gasteiger partial charge < -0.3 is 20.3 Å². The van der Waals surface area contributed by atoms with Gasteiger partial charge in [-0.1, -0.05) is 0 Å². The minimum Gasteiger partial charge on any atom is -0.504 e. The van der Waals surface area contributed by atoms with E-state index >= 15 is 0 Å². The van der Waals surface area contributed by atoms with Crippen molar-refractivity contribution in [2.75, 3.05) is 0 Å². The summed E-state index contributed by atoms with van der Waals surface area (Å²) in [6.45, 7) is 1.64. The molecule has 1 aromatic carbocycles. The van der Waals surface area contributed by atoms with E-state index in [2.05, 4.69) is 4.98 Å². The molecule has 0 spiro atoms. The highest BCUT2D eigenvalue weighted by molar-refractivity contribution is 5.98. The molecule has 1 aromatic heterocycles. The molecular weight excluding hydrogens is 198 g/mol. The Balaban J connectivity index is 2.83. The fourth-order valence-electron chi connectivity index (χ4n) is 1.57. The van der Waals surface area contributed by atoms with Crippen molar-refractivity contribution >= 4 is 16.9 Å². The zero-order valence-electron chi connectivity index (χ0n) is 7.90. The summed E-state index contributed by atoms with van der Waals surface area (Å²) < 4.78 is 0. The van der Waals surface area contributed by atoms with Crippen LogP contribution in [-0.4, -0.2) is 26.3 Å². The van der Waals surface area contributed by atoms with Gasteiger partial charge in [0.2, 0.25) is 0 Å². The van der Waals surface area contributed by atoms with Gasteiger partial charge in [-0.15, -0.1) is 0 Å². The first-order valence-electron chi connectivity index (χ1n) is 4.28. The number of hydrogen-bond donors (Lipinski definition) is 4. The third kappa shape index (κ3) is 1.28. The van der Waals surface area contributed by atoms with Crippen LogP contribution in [0.15, 0.2) is 12.1 Å². The van der Waals surface area contributed by atoms with E-state index in [9.17, 15) is 15.0 Å². The Kier molecular flexibility index (Phi) is 1.82. The average Bonchev–Trinajstić information content (AvgIpc) is 2.46. The number of aromatic hydroxyl groups is 2. The summed E-state index contributed by atoms with van der Waals surface area (Å²) in [5.74, 6) is -1.61. The number of fused-ring (bicyclic) bond motifs is 1. The van der Waals surface area contributed by atoms with Crippen molar-refractivity contribution in [3.63, 3.8) is 0 Å². The maximum Gasteiger partial charge on any atom is 0.352 e. The van der Waals surface area contributed by atoms with Gasteiger partial charge in [0.15, 0.2) is 11.5 Å². The Bertz CT molecular complexity index is 556. The van der Waals surface area contributed by atoms with E-state index in [1.807, 2.05) is 0 Å². The molecule has 0 amide bonds. The first kappa shape index (κ1) is 9.39. The number of benzene rings is 1. The molecule has 5 heteroatoms. The summed E-state index contributed by atoms with van der Waals surface area (Å²) in [5.41, 5.74) is 1.09. The zero-order chi connectivity index (χ0) is 11.2. The second-order valence-electron chi connectivity index (χ2n) is 3.32.